The number of hydrogen-bond donors (Lipinski definition) is 1. The fourth-order valence-electron chi connectivity index (χ4n) is 6.77. The molecule has 5 heteroatoms. The Bertz CT molecular complexity index is 1470. The molecule has 38 heavy (non-hydrogen) atoms. The van der Waals surface area contributed by atoms with Crippen molar-refractivity contribution in [2.75, 3.05) is 11.5 Å². The van der Waals surface area contributed by atoms with E-state index in [-0.39, 0.29) is 35.7 Å². The molecule has 2 fully saturated rings. The van der Waals surface area contributed by atoms with Crippen LogP contribution in [0, 0.1) is 17.8 Å². The molecule has 2 heterocycles. The van der Waals surface area contributed by atoms with Gasteiger partial charge in [0.1, 0.15) is 5.75 Å². The second kappa shape index (κ2) is 9.88. The number of ether oxygens (including phenoxy) is 1. The van der Waals surface area contributed by atoms with Gasteiger partial charge in [-0.1, -0.05) is 72.7 Å². The number of imide groups is 1. The Morgan fingerprint density at radius 3 is 2.47 bits per heavy atom. The van der Waals surface area contributed by atoms with Gasteiger partial charge < -0.3 is 9.84 Å². The topological polar surface area (TPSA) is 66.8 Å². The van der Waals surface area contributed by atoms with E-state index >= 15 is 0 Å². The van der Waals surface area contributed by atoms with Crippen molar-refractivity contribution in [2.45, 2.75) is 45.6 Å². The van der Waals surface area contributed by atoms with Crippen LogP contribution in [0.3, 0.4) is 0 Å². The first-order valence-electron chi connectivity index (χ1n) is 13.6. The summed E-state index contributed by atoms with van der Waals surface area (Å²) in [5.74, 6) is -0.510. The van der Waals surface area contributed by atoms with Crippen molar-refractivity contribution >= 4 is 34.4 Å². The van der Waals surface area contributed by atoms with Gasteiger partial charge in [-0.25, -0.2) is 0 Å². The normalized spacial score (nSPS) is 25.3. The van der Waals surface area contributed by atoms with Crippen LogP contribution in [0.2, 0.25) is 0 Å². The van der Waals surface area contributed by atoms with E-state index in [4.69, 9.17) is 4.74 Å². The smallest absolute Gasteiger partial charge is 0.238 e. The first kappa shape index (κ1) is 24.6. The lowest BCUT2D eigenvalue weighted by atomic mass is 9.69. The fourth-order valence-corrected chi connectivity index (χ4v) is 6.77. The number of anilines is 1. The van der Waals surface area contributed by atoms with Crippen molar-refractivity contribution in [3.8, 4) is 5.75 Å². The number of rotatable bonds is 6. The van der Waals surface area contributed by atoms with Gasteiger partial charge in [0.25, 0.3) is 0 Å². The summed E-state index contributed by atoms with van der Waals surface area (Å²) in [6, 6.07) is 20.9. The van der Waals surface area contributed by atoms with Crippen LogP contribution in [0.25, 0.3) is 16.8 Å². The molecule has 0 radical (unpaired) electrons. The van der Waals surface area contributed by atoms with Crippen LogP contribution in [0.4, 0.5) is 5.69 Å². The third-order valence-electron chi connectivity index (χ3n) is 8.59. The Kier molecular flexibility index (Phi) is 6.40. The lowest BCUT2D eigenvalue weighted by molar-refractivity contribution is -0.122. The van der Waals surface area contributed by atoms with Crippen molar-refractivity contribution in [2.24, 2.45) is 17.8 Å². The molecule has 0 spiro atoms. The Morgan fingerprint density at radius 1 is 0.974 bits per heavy atom. The highest BCUT2D eigenvalue weighted by Crippen LogP contribution is 2.51. The van der Waals surface area contributed by atoms with E-state index < -0.39 is 0 Å². The minimum Gasteiger partial charge on any atom is -0.507 e. The predicted octanol–water partition coefficient (Wildman–Crippen LogP) is 6.66. The van der Waals surface area contributed by atoms with Crippen molar-refractivity contribution in [1.82, 2.24) is 0 Å². The third kappa shape index (κ3) is 4.06. The first-order valence-corrected chi connectivity index (χ1v) is 13.6. The summed E-state index contributed by atoms with van der Waals surface area (Å²) in [6.07, 6.45) is 5.40. The van der Waals surface area contributed by atoms with Gasteiger partial charge in [0, 0.05) is 11.3 Å². The van der Waals surface area contributed by atoms with Crippen LogP contribution >= 0.6 is 0 Å². The minimum absolute atomic E-state index is 0.0236. The number of para-hydroxylation sites is 1. The number of hydrogen-bond acceptors (Lipinski definition) is 4. The minimum atomic E-state index is -0.335. The molecule has 194 valence electrons. The average molecular weight is 508 g/mol. The first-order chi connectivity index (χ1) is 18.5. The highest BCUT2D eigenvalue weighted by atomic mass is 16.5. The number of phenolic OH excluding ortho intramolecular Hbond substituents is 1. The molecule has 2 amide bonds. The maximum absolute atomic E-state index is 13.6. The molecule has 3 aliphatic rings. The summed E-state index contributed by atoms with van der Waals surface area (Å²) < 4.78 is 6.35. The summed E-state index contributed by atoms with van der Waals surface area (Å²) >= 11 is 0. The Hall–Kier alpha value is -3.70. The monoisotopic (exact) mass is 507 g/mol. The van der Waals surface area contributed by atoms with Crippen molar-refractivity contribution in [1.29, 1.82) is 0 Å². The van der Waals surface area contributed by atoms with Crippen molar-refractivity contribution < 1.29 is 19.4 Å². The standard InChI is InChI=1S/C33H33NO4/c1-3-21-18-26-31(33(37)34(32(26)36)23-9-5-4-6-10-23)27-19-38-29(30(21)27)16-13-20(2)17-22-14-15-28(35)25-12-8-7-11-24(22)25/h4-12,14-15,17,26-27,29,31,35H,3,13,16,18-19H2,1-2H3/b20-17+/t26-,27+,29-,31-/m1/s1. The fraction of sp³-hybridized carbons (Fsp3) is 0.333. The van der Waals surface area contributed by atoms with Crippen LogP contribution < -0.4 is 4.90 Å². The molecule has 0 aromatic heterocycles. The van der Waals surface area contributed by atoms with E-state index in [1.54, 1.807) is 6.07 Å². The molecule has 5 nitrogen and oxygen atoms in total. The molecule has 0 bridgehead atoms. The second-order valence-corrected chi connectivity index (χ2v) is 10.8. The lowest BCUT2D eigenvalue weighted by Gasteiger charge is -2.31. The highest BCUT2D eigenvalue weighted by Gasteiger charge is 2.57. The molecule has 3 aromatic rings. The quantitative estimate of drug-likeness (QED) is 0.299. The molecule has 0 saturated carbocycles. The molecule has 6 rings (SSSR count). The number of benzene rings is 3. The van der Waals surface area contributed by atoms with Crippen LogP contribution in [0.1, 0.15) is 45.1 Å². The maximum atomic E-state index is 13.6. The van der Waals surface area contributed by atoms with Crippen LogP contribution in [-0.4, -0.2) is 29.6 Å². The number of phenols is 1. The molecule has 3 aromatic carbocycles. The van der Waals surface area contributed by atoms with Gasteiger partial charge in [-0.05, 0) is 67.3 Å². The predicted molar refractivity (Wildman–Crippen MR) is 150 cm³/mol. The van der Waals surface area contributed by atoms with Crippen LogP contribution in [0.5, 0.6) is 5.75 Å². The summed E-state index contributed by atoms with van der Waals surface area (Å²) in [5.41, 5.74) is 5.55. The van der Waals surface area contributed by atoms with Crippen molar-refractivity contribution in [3.05, 3.63) is 89.0 Å². The van der Waals surface area contributed by atoms with Gasteiger partial charge in [-0.15, -0.1) is 0 Å². The molecule has 0 unspecified atom stereocenters. The van der Waals surface area contributed by atoms with E-state index in [0.29, 0.717) is 24.5 Å². The summed E-state index contributed by atoms with van der Waals surface area (Å²) in [6.45, 7) is 4.78. The number of allylic oxidation sites excluding steroid dienone is 2. The molecule has 4 atom stereocenters. The molecule has 2 aliphatic heterocycles. The van der Waals surface area contributed by atoms with Crippen LogP contribution in [-0.2, 0) is 14.3 Å². The largest absolute Gasteiger partial charge is 0.507 e. The van der Waals surface area contributed by atoms with Gasteiger partial charge in [0.2, 0.25) is 11.8 Å². The van der Waals surface area contributed by atoms with E-state index in [2.05, 4.69) is 19.9 Å². The summed E-state index contributed by atoms with van der Waals surface area (Å²) in [5, 5.41) is 12.1. The summed E-state index contributed by atoms with van der Waals surface area (Å²) in [4.78, 5) is 28.4. The second-order valence-electron chi connectivity index (χ2n) is 10.8. The van der Waals surface area contributed by atoms with Gasteiger partial charge in [0.05, 0.1) is 30.2 Å². The average Bonchev–Trinajstić information content (AvgIpc) is 3.47. The number of nitrogens with zero attached hydrogens (tertiary/aromatic N) is 1. The number of carbonyl (C=O) groups is 2. The molecular formula is C33H33NO4. The number of aromatic hydroxyl groups is 1. The Balaban J connectivity index is 1.22. The van der Waals surface area contributed by atoms with Gasteiger partial charge in [0.15, 0.2) is 0 Å². The Morgan fingerprint density at radius 2 is 1.71 bits per heavy atom. The number of carbonyl (C=O) groups excluding carboxylic acids is 2. The molecular weight excluding hydrogens is 474 g/mol. The number of amides is 2. The zero-order valence-corrected chi connectivity index (χ0v) is 21.9. The highest BCUT2D eigenvalue weighted by molar-refractivity contribution is 6.22. The van der Waals surface area contributed by atoms with Gasteiger partial charge in [-0.3, -0.25) is 14.5 Å². The van der Waals surface area contributed by atoms with Gasteiger partial charge in [-0.2, -0.15) is 0 Å². The Labute approximate surface area is 223 Å². The van der Waals surface area contributed by atoms with Crippen LogP contribution in [0.15, 0.2) is 83.4 Å². The molecule has 1 aliphatic carbocycles. The van der Waals surface area contributed by atoms with Gasteiger partial charge >= 0.3 is 0 Å². The summed E-state index contributed by atoms with van der Waals surface area (Å²) in [7, 11) is 0. The number of fused-ring (bicyclic) bond motifs is 4. The molecule has 1 N–H and O–H groups in total. The van der Waals surface area contributed by atoms with E-state index in [9.17, 15) is 14.7 Å². The SMILES string of the molecule is CCC1=C2[C@@H](CC/C(C)=C/c3ccc(O)c4ccccc34)OC[C@@H]2[C@@H]2C(=O)N(c3ccccc3)C(=O)[C@@H]2C1. The zero-order chi connectivity index (χ0) is 26.4. The van der Waals surface area contributed by atoms with Crippen molar-refractivity contribution in [3.63, 3.8) is 0 Å². The lowest BCUT2D eigenvalue weighted by Crippen LogP contribution is -2.34. The molecule has 2 saturated heterocycles. The third-order valence-corrected chi connectivity index (χ3v) is 8.59. The van der Waals surface area contributed by atoms with E-state index in [0.717, 1.165) is 35.6 Å². The maximum Gasteiger partial charge on any atom is 0.238 e. The van der Waals surface area contributed by atoms with E-state index in [1.807, 2.05) is 60.7 Å². The van der Waals surface area contributed by atoms with E-state index in [1.165, 1.54) is 21.6 Å². The zero-order valence-electron chi connectivity index (χ0n) is 21.9.